The van der Waals surface area contributed by atoms with Gasteiger partial charge in [0, 0.05) is 17.1 Å². The highest BCUT2D eigenvalue weighted by atomic mass is 32.1. The summed E-state index contributed by atoms with van der Waals surface area (Å²) in [7, 11) is 0. The van der Waals surface area contributed by atoms with Crippen LogP contribution in [0.25, 0.3) is 0 Å². The molecular formula is C13H20N2O4S. The van der Waals surface area contributed by atoms with E-state index in [1.54, 1.807) is 12.3 Å². The lowest BCUT2D eigenvalue weighted by Gasteiger charge is -2.17. The Morgan fingerprint density at radius 2 is 2.05 bits per heavy atom. The lowest BCUT2D eigenvalue weighted by molar-refractivity contribution is -0.149. The van der Waals surface area contributed by atoms with E-state index in [9.17, 15) is 14.4 Å². The number of esters is 1. The fourth-order valence-electron chi connectivity index (χ4n) is 1.38. The topological polar surface area (TPSA) is 77.4 Å². The summed E-state index contributed by atoms with van der Waals surface area (Å²) >= 11 is 1.03. The van der Waals surface area contributed by atoms with Gasteiger partial charge >= 0.3 is 10.8 Å². The first-order valence-corrected chi connectivity index (χ1v) is 7.29. The second-order valence-electron chi connectivity index (χ2n) is 4.99. The molecule has 1 aromatic heterocycles. The molecule has 0 saturated carbocycles. The van der Waals surface area contributed by atoms with Gasteiger partial charge in [-0.3, -0.25) is 19.0 Å². The Bertz CT molecular complexity index is 533. The van der Waals surface area contributed by atoms with Crippen LogP contribution in [-0.4, -0.2) is 29.1 Å². The molecule has 0 aromatic carbocycles. The van der Waals surface area contributed by atoms with Gasteiger partial charge in [0.1, 0.15) is 6.54 Å². The fourth-order valence-corrected chi connectivity index (χ4v) is 2.11. The zero-order chi connectivity index (χ0) is 15.3. The molecule has 0 aliphatic heterocycles. The van der Waals surface area contributed by atoms with Crippen molar-refractivity contribution < 1.29 is 14.3 Å². The summed E-state index contributed by atoms with van der Waals surface area (Å²) < 4.78 is 6.18. The van der Waals surface area contributed by atoms with Gasteiger partial charge < -0.3 is 10.1 Å². The first kappa shape index (κ1) is 16.4. The molecule has 1 heterocycles. The van der Waals surface area contributed by atoms with E-state index in [0.717, 1.165) is 11.3 Å². The lowest BCUT2D eigenvalue weighted by atomic mass is 10.1. The van der Waals surface area contributed by atoms with E-state index < -0.39 is 5.97 Å². The second kappa shape index (κ2) is 7.23. The molecule has 20 heavy (non-hydrogen) atoms. The molecule has 1 atom stereocenters. The van der Waals surface area contributed by atoms with Crippen LogP contribution in [0, 0.1) is 12.8 Å². The third-order valence-corrected chi connectivity index (χ3v) is 3.90. The van der Waals surface area contributed by atoms with Gasteiger partial charge in [-0.25, -0.2) is 0 Å². The molecule has 7 heteroatoms. The number of aromatic nitrogens is 1. The minimum Gasteiger partial charge on any atom is -0.454 e. The number of rotatable bonds is 6. The van der Waals surface area contributed by atoms with Gasteiger partial charge in [-0.05, 0) is 19.8 Å². The number of ether oxygens (including phenoxy) is 1. The molecule has 0 radical (unpaired) electrons. The Morgan fingerprint density at radius 1 is 1.40 bits per heavy atom. The van der Waals surface area contributed by atoms with Gasteiger partial charge in [0.25, 0.3) is 5.91 Å². The summed E-state index contributed by atoms with van der Waals surface area (Å²) in [6.07, 6.45) is 0. The van der Waals surface area contributed by atoms with Crippen LogP contribution in [-0.2, 0) is 20.9 Å². The van der Waals surface area contributed by atoms with Crippen molar-refractivity contribution in [2.45, 2.75) is 40.3 Å². The number of nitrogens with one attached hydrogen (secondary N) is 1. The Labute approximate surface area is 121 Å². The Balaban J connectivity index is 2.41. The van der Waals surface area contributed by atoms with Gasteiger partial charge in [0.05, 0.1) is 0 Å². The first-order chi connectivity index (χ1) is 9.31. The van der Waals surface area contributed by atoms with Gasteiger partial charge in [-0.1, -0.05) is 25.2 Å². The highest BCUT2D eigenvalue weighted by molar-refractivity contribution is 7.07. The van der Waals surface area contributed by atoms with Crippen LogP contribution < -0.4 is 10.2 Å². The highest BCUT2D eigenvalue weighted by Crippen LogP contribution is 2.01. The molecule has 0 aliphatic carbocycles. The van der Waals surface area contributed by atoms with E-state index in [4.69, 9.17) is 4.74 Å². The maximum absolute atomic E-state index is 11.6. The van der Waals surface area contributed by atoms with Crippen molar-refractivity contribution in [1.82, 2.24) is 9.88 Å². The average molecular weight is 300 g/mol. The average Bonchev–Trinajstić information content (AvgIpc) is 2.68. The monoisotopic (exact) mass is 300 g/mol. The molecule has 0 fully saturated rings. The second-order valence-corrected chi connectivity index (χ2v) is 5.81. The number of hydrogen-bond acceptors (Lipinski definition) is 5. The molecule has 0 spiro atoms. The maximum Gasteiger partial charge on any atom is 0.326 e. The number of amides is 1. The first-order valence-electron chi connectivity index (χ1n) is 6.41. The van der Waals surface area contributed by atoms with Crippen molar-refractivity contribution >= 4 is 23.2 Å². The predicted molar refractivity (Wildman–Crippen MR) is 76.7 cm³/mol. The van der Waals surface area contributed by atoms with Crippen molar-refractivity contribution in [2.75, 3.05) is 6.61 Å². The lowest BCUT2D eigenvalue weighted by Crippen LogP contribution is -2.39. The zero-order valence-electron chi connectivity index (χ0n) is 12.1. The standard InChI is InChI=1S/C13H20N2O4S/c1-8(2)10(4)14-11(16)6-19-12(17)5-15-9(3)7-20-13(15)18/h7-8,10H,5-6H2,1-4H3,(H,14,16)/t10-/m1/s1. The van der Waals surface area contributed by atoms with Crippen molar-refractivity contribution in [2.24, 2.45) is 5.92 Å². The van der Waals surface area contributed by atoms with Gasteiger partial charge in [0.15, 0.2) is 6.61 Å². The molecule has 0 unspecified atom stereocenters. The normalized spacial score (nSPS) is 12.2. The largest absolute Gasteiger partial charge is 0.454 e. The van der Waals surface area contributed by atoms with E-state index in [2.05, 4.69) is 5.32 Å². The zero-order valence-corrected chi connectivity index (χ0v) is 13.0. The van der Waals surface area contributed by atoms with Gasteiger partial charge in [0.2, 0.25) is 0 Å². The molecule has 6 nitrogen and oxygen atoms in total. The summed E-state index contributed by atoms with van der Waals surface area (Å²) in [6, 6.07) is 0.0166. The van der Waals surface area contributed by atoms with E-state index >= 15 is 0 Å². The Morgan fingerprint density at radius 3 is 2.55 bits per heavy atom. The molecule has 0 aliphatic rings. The van der Waals surface area contributed by atoms with Crippen molar-refractivity contribution in [3.05, 3.63) is 20.7 Å². The summed E-state index contributed by atoms with van der Waals surface area (Å²) in [5, 5.41) is 4.41. The van der Waals surface area contributed by atoms with Crippen LogP contribution >= 0.6 is 11.3 Å². The van der Waals surface area contributed by atoms with Crippen LogP contribution in [0.4, 0.5) is 0 Å². The number of hydrogen-bond donors (Lipinski definition) is 1. The molecule has 1 N–H and O–H groups in total. The minimum absolute atomic E-state index is 0.0166. The van der Waals surface area contributed by atoms with Crippen molar-refractivity contribution in [3.8, 4) is 0 Å². The predicted octanol–water partition coefficient (Wildman–Crippen LogP) is 0.922. The maximum atomic E-state index is 11.6. The molecule has 1 amide bonds. The number of thiazole rings is 1. The summed E-state index contributed by atoms with van der Waals surface area (Å²) in [5.74, 6) is -0.628. The summed E-state index contributed by atoms with van der Waals surface area (Å²) in [5.41, 5.74) is 0.704. The molecule has 0 bridgehead atoms. The molecular weight excluding hydrogens is 280 g/mol. The highest BCUT2D eigenvalue weighted by Gasteiger charge is 2.14. The van der Waals surface area contributed by atoms with Crippen LogP contribution in [0.3, 0.4) is 0 Å². The number of carbonyl (C=O) groups excluding carboxylic acids is 2. The number of carbonyl (C=O) groups is 2. The van der Waals surface area contributed by atoms with Crippen LogP contribution in [0.5, 0.6) is 0 Å². The summed E-state index contributed by atoms with van der Waals surface area (Å²) in [6.45, 7) is 7.11. The third-order valence-electron chi connectivity index (χ3n) is 3.02. The van der Waals surface area contributed by atoms with E-state index in [1.165, 1.54) is 4.57 Å². The van der Waals surface area contributed by atoms with E-state index in [0.29, 0.717) is 11.6 Å². The third kappa shape index (κ3) is 4.80. The quantitative estimate of drug-likeness (QED) is 0.793. The SMILES string of the molecule is Cc1csc(=O)n1CC(=O)OCC(=O)N[C@H](C)C(C)C. The van der Waals surface area contributed by atoms with Crippen molar-refractivity contribution in [1.29, 1.82) is 0 Å². The Kier molecular flexibility index (Phi) is 5.94. The van der Waals surface area contributed by atoms with Gasteiger partial charge in [-0.2, -0.15) is 0 Å². The fraction of sp³-hybridized carbons (Fsp3) is 0.615. The minimum atomic E-state index is -0.596. The molecule has 1 rings (SSSR count). The van der Waals surface area contributed by atoms with Crippen LogP contribution in [0.15, 0.2) is 10.2 Å². The van der Waals surface area contributed by atoms with Crippen LogP contribution in [0.1, 0.15) is 26.5 Å². The summed E-state index contributed by atoms with van der Waals surface area (Å²) in [4.78, 5) is 34.3. The van der Waals surface area contributed by atoms with E-state index in [1.807, 2.05) is 20.8 Å². The molecule has 0 saturated heterocycles. The van der Waals surface area contributed by atoms with E-state index in [-0.39, 0.29) is 30.0 Å². The number of aryl methyl sites for hydroxylation is 1. The smallest absolute Gasteiger partial charge is 0.326 e. The van der Waals surface area contributed by atoms with Gasteiger partial charge in [-0.15, -0.1) is 0 Å². The molecule has 112 valence electrons. The Hall–Kier alpha value is -1.63. The molecule has 1 aromatic rings. The van der Waals surface area contributed by atoms with Crippen LogP contribution in [0.2, 0.25) is 0 Å². The number of nitrogens with zero attached hydrogens (tertiary/aromatic N) is 1. The van der Waals surface area contributed by atoms with Crippen molar-refractivity contribution in [3.63, 3.8) is 0 Å².